The molecule has 2 heterocycles. The molecule has 0 radical (unpaired) electrons. The molecule has 0 aliphatic carbocycles. The number of unbranched alkanes of at least 4 members (excludes halogenated alkanes) is 1. The third-order valence-electron chi connectivity index (χ3n) is 6.87. The third kappa shape index (κ3) is 7.61. The molecule has 1 N–H and O–H groups in total. The van der Waals surface area contributed by atoms with Crippen LogP contribution in [0.3, 0.4) is 0 Å². The molecule has 1 amide bonds. The van der Waals surface area contributed by atoms with Gasteiger partial charge in [-0.1, -0.05) is 65.7 Å². The van der Waals surface area contributed by atoms with E-state index in [1.165, 1.54) is 22.3 Å². The Morgan fingerprint density at radius 1 is 0.917 bits per heavy atom. The van der Waals surface area contributed by atoms with Crippen LogP contribution < -0.4 is 5.32 Å². The second-order valence-corrected chi connectivity index (χ2v) is 9.72. The molecule has 3 aromatic rings. The minimum atomic E-state index is -0.0503. The fourth-order valence-corrected chi connectivity index (χ4v) is 4.73. The van der Waals surface area contributed by atoms with Crippen molar-refractivity contribution >= 4 is 12.0 Å². The van der Waals surface area contributed by atoms with Crippen molar-refractivity contribution in [3.8, 4) is 0 Å². The lowest BCUT2D eigenvalue weighted by atomic mass is 9.95. The van der Waals surface area contributed by atoms with E-state index < -0.39 is 0 Å². The van der Waals surface area contributed by atoms with E-state index in [1.807, 2.05) is 12.1 Å². The molecule has 1 aliphatic heterocycles. The van der Waals surface area contributed by atoms with Crippen molar-refractivity contribution in [1.29, 1.82) is 0 Å². The zero-order chi connectivity index (χ0) is 25.2. The van der Waals surface area contributed by atoms with E-state index in [9.17, 15) is 4.79 Å². The fourth-order valence-electron chi connectivity index (χ4n) is 4.73. The molecule has 1 aliphatic rings. The lowest BCUT2D eigenvalue weighted by molar-refractivity contribution is -0.116. The van der Waals surface area contributed by atoms with Crippen LogP contribution in [0.4, 0.5) is 0 Å². The van der Waals surface area contributed by atoms with Gasteiger partial charge in [-0.05, 0) is 62.1 Å². The molecule has 0 spiro atoms. The van der Waals surface area contributed by atoms with Gasteiger partial charge in [-0.15, -0.1) is 0 Å². The van der Waals surface area contributed by atoms with E-state index >= 15 is 0 Å². The summed E-state index contributed by atoms with van der Waals surface area (Å²) in [6, 6.07) is 22.1. The van der Waals surface area contributed by atoms with Crippen LogP contribution in [0.25, 0.3) is 6.08 Å². The van der Waals surface area contributed by atoms with Gasteiger partial charge in [-0.25, -0.2) is 0 Å². The maximum atomic E-state index is 12.0. The average Bonchev–Trinajstić information content (AvgIpc) is 2.91. The highest BCUT2D eigenvalue weighted by Gasteiger charge is 2.26. The molecular weight excluding hydrogens is 444 g/mol. The summed E-state index contributed by atoms with van der Waals surface area (Å²) in [6.07, 6.45) is 8.92. The summed E-state index contributed by atoms with van der Waals surface area (Å²) >= 11 is 0. The first kappa shape index (κ1) is 25.8. The lowest BCUT2D eigenvalue weighted by Crippen LogP contribution is -2.48. The van der Waals surface area contributed by atoms with Crippen LogP contribution in [0.5, 0.6) is 0 Å². The zero-order valence-corrected chi connectivity index (χ0v) is 21.6. The molecular formula is C31H38N4O. The molecule has 1 fully saturated rings. The predicted molar refractivity (Wildman–Crippen MR) is 148 cm³/mol. The second kappa shape index (κ2) is 13.1. The summed E-state index contributed by atoms with van der Waals surface area (Å²) in [5.74, 6) is -0.0503. The summed E-state index contributed by atoms with van der Waals surface area (Å²) in [6.45, 7) is 10.4. The minimum absolute atomic E-state index is 0.0503. The van der Waals surface area contributed by atoms with Gasteiger partial charge in [-0.2, -0.15) is 0 Å². The summed E-state index contributed by atoms with van der Waals surface area (Å²) in [5.41, 5.74) is 6.26. The average molecular weight is 483 g/mol. The first-order valence-corrected chi connectivity index (χ1v) is 13.0. The number of nitrogens with one attached hydrogen (secondary N) is 1. The molecule has 5 nitrogen and oxygen atoms in total. The third-order valence-corrected chi connectivity index (χ3v) is 6.87. The largest absolute Gasteiger partial charge is 0.353 e. The van der Waals surface area contributed by atoms with Crippen molar-refractivity contribution in [3.05, 3.63) is 107 Å². The normalized spacial score (nSPS) is 15.0. The highest BCUT2D eigenvalue weighted by atomic mass is 16.1. The van der Waals surface area contributed by atoms with Gasteiger partial charge in [0, 0.05) is 51.2 Å². The quantitative estimate of drug-likeness (QED) is 0.326. The highest BCUT2D eigenvalue weighted by Crippen LogP contribution is 2.30. The number of pyridine rings is 1. The van der Waals surface area contributed by atoms with Crippen molar-refractivity contribution in [3.63, 3.8) is 0 Å². The Hall–Kier alpha value is -3.28. The molecule has 0 atom stereocenters. The maximum absolute atomic E-state index is 12.0. The molecule has 0 unspecified atom stereocenters. The summed E-state index contributed by atoms with van der Waals surface area (Å²) < 4.78 is 0. The first-order chi connectivity index (χ1) is 17.6. The Labute approximate surface area is 215 Å². The van der Waals surface area contributed by atoms with Crippen LogP contribution in [0.2, 0.25) is 0 Å². The fraction of sp³-hybridized carbons (Fsp3) is 0.355. The van der Waals surface area contributed by atoms with E-state index in [0.717, 1.165) is 51.1 Å². The summed E-state index contributed by atoms with van der Waals surface area (Å²) in [5, 5.41) is 2.98. The Morgan fingerprint density at radius 3 is 2.14 bits per heavy atom. The number of hydrogen-bond donors (Lipinski definition) is 1. The molecule has 36 heavy (non-hydrogen) atoms. The number of aryl methyl sites for hydroxylation is 2. The van der Waals surface area contributed by atoms with Gasteiger partial charge in [-0.3, -0.25) is 14.7 Å². The molecule has 5 heteroatoms. The van der Waals surface area contributed by atoms with Crippen molar-refractivity contribution in [2.45, 2.75) is 32.7 Å². The molecule has 0 saturated carbocycles. The monoisotopic (exact) mass is 482 g/mol. The number of aromatic nitrogens is 1. The van der Waals surface area contributed by atoms with Gasteiger partial charge in [0.1, 0.15) is 0 Å². The van der Waals surface area contributed by atoms with Crippen LogP contribution in [0.1, 0.15) is 46.7 Å². The highest BCUT2D eigenvalue weighted by molar-refractivity contribution is 5.91. The molecule has 1 saturated heterocycles. The SMILES string of the molecule is Cc1ccc(C(c2ccc(C)cc2)N2CCN(CCCCNC(=O)/C=C/c3cccnc3)CC2)cc1. The maximum Gasteiger partial charge on any atom is 0.243 e. The van der Waals surface area contributed by atoms with Gasteiger partial charge in [0.2, 0.25) is 5.91 Å². The lowest BCUT2D eigenvalue weighted by Gasteiger charge is -2.40. The van der Waals surface area contributed by atoms with Crippen LogP contribution in [0.15, 0.2) is 79.1 Å². The topological polar surface area (TPSA) is 48.5 Å². The Balaban J connectivity index is 1.21. The van der Waals surface area contributed by atoms with E-state index in [1.54, 1.807) is 24.5 Å². The van der Waals surface area contributed by atoms with Crippen molar-refractivity contribution in [2.75, 3.05) is 39.3 Å². The number of piperazine rings is 1. The number of rotatable bonds is 10. The van der Waals surface area contributed by atoms with Gasteiger partial charge in [0.15, 0.2) is 0 Å². The number of amides is 1. The Kier molecular flexibility index (Phi) is 9.42. The summed E-state index contributed by atoms with van der Waals surface area (Å²) in [4.78, 5) is 21.3. The molecule has 2 aromatic carbocycles. The molecule has 188 valence electrons. The number of carbonyl (C=O) groups is 1. The Bertz CT molecular complexity index is 1060. The van der Waals surface area contributed by atoms with Crippen molar-refractivity contribution < 1.29 is 4.79 Å². The van der Waals surface area contributed by atoms with E-state index in [4.69, 9.17) is 0 Å². The minimum Gasteiger partial charge on any atom is -0.353 e. The van der Waals surface area contributed by atoms with Crippen LogP contribution in [-0.2, 0) is 4.79 Å². The van der Waals surface area contributed by atoms with Crippen molar-refractivity contribution in [2.24, 2.45) is 0 Å². The number of carbonyl (C=O) groups excluding carboxylic acids is 1. The molecule has 4 rings (SSSR count). The van der Waals surface area contributed by atoms with Crippen molar-refractivity contribution in [1.82, 2.24) is 20.1 Å². The molecule has 0 bridgehead atoms. The zero-order valence-electron chi connectivity index (χ0n) is 21.6. The van der Waals surface area contributed by atoms with E-state index in [0.29, 0.717) is 12.6 Å². The number of benzene rings is 2. The van der Waals surface area contributed by atoms with Crippen LogP contribution in [0, 0.1) is 13.8 Å². The Morgan fingerprint density at radius 2 is 1.56 bits per heavy atom. The van der Waals surface area contributed by atoms with Gasteiger partial charge >= 0.3 is 0 Å². The molecule has 1 aromatic heterocycles. The second-order valence-electron chi connectivity index (χ2n) is 9.72. The van der Waals surface area contributed by atoms with Gasteiger partial charge < -0.3 is 10.2 Å². The summed E-state index contributed by atoms with van der Waals surface area (Å²) in [7, 11) is 0. The number of hydrogen-bond acceptors (Lipinski definition) is 4. The van der Waals surface area contributed by atoms with E-state index in [-0.39, 0.29) is 5.91 Å². The van der Waals surface area contributed by atoms with Crippen LogP contribution in [-0.4, -0.2) is 60.0 Å². The van der Waals surface area contributed by atoms with E-state index in [2.05, 4.69) is 82.5 Å². The van der Waals surface area contributed by atoms with Gasteiger partial charge in [0.25, 0.3) is 0 Å². The standard InChI is InChI=1S/C31H38N4O/c1-25-7-12-28(13-8-25)31(29-14-9-26(2)10-15-29)35-22-20-34(21-23-35)19-4-3-18-33-30(36)16-11-27-6-5-17-32-24-27/h5-17,24,31H,3-4,18-23H2,1-2H3,(H,33,36)/b16-11+. The first-order valence-electron chi connectivity index (χ1n) is 13.0. The van der Waals surface area contributed by atoms with Gasteiger partial charge in [0.05, 0.1) is 6.04 Å². The predicted octanol–water partition coefficient (Wildman–Crippen LogP) is 5.02. The number of nitrogens with zero attached hydrogens (tertiary/aromatic N) is 3. The van der Waals surface area contributed by atoms with Crippen LogP contribution >= 0.6 is 0 Å². The smallest absolute Gasteiger partial charge is 0.243 e.